The third-order valence-electron chi connectivity index (χ3n) is 2.61. The first kappa shape index (κ1) is 13.8. The number of furan rings is 1. The van der Waals surface area contributed by atoms with Gasteiger partial charge in [0, 0.05) is 4.47 Å². The first-order valence-electron chi connectivity index (χ1n) is 5.91. The molecule has 2 aromatic rings. The monoisotopic (exact) mass is 322 g/mol. The van der Waals surface area contributed by atoms with Crippen LogP contribution in [0.4, 0.5) is 5.69 Å². The molecule has 0 bridgehead atoms. The van der Waals surface area contributed by atoms with Crippen LogP contribution in [0.3, 0.4) is 0 Å². The highest BCUT2D eigenvalue weighted by atomic mass is 79.9. The molecular formula is C14H15BrN2O2. The molecule has 0 aliphatic carbocycles. The Labute approximate surface area is 120 Å². The van der Waals surface area contributed by atoms with Crippen molar-refractivity contribution in [3.8, 4) is 0 Å². The van der Waals surface area contributed by atoms with Crippen molar-refractivity contribution in [1.29, 1.82) is 0 Å². The summed E-state index contributed by atoms with van der Waals surface area (Å²) < 4.78 is 6.28. The molecule has 2 rings (SSSR count). The molecule has 2 N–H and O–H groups in total. The summed E-state index contributed by atoms with van der Waals surface area (Å²) in [5.74, 6) is 0.778. The van der Waals surface area contributed by atoms with Gasteiger partial charge in [-0.1, -0.05) is 6.07 Å². The molecule has 0 aliphatic heterocycles. The fraction of sp³-hybridized carbons (Fsp3) is 0.214. The van der Waals surface area contributed by atoms with Crippen LogP contribution in [-0.2, 0) is 6.54 Å². The number of benzene rings is 1. The minimum Gasteiger partial charge on any atom is -0.455 e. The molecular weight excluding hydrogens is 308 g/mol. The second-order valence-corrected chi connectivity index (χ2v) is 5.09. The molecule has 19 heavy (non-hydrogen) atoms. The Balaban J connectivity index is 2.11. The van der Waals surface area contributed by atoms with E-state index >= 15 is 0 Å². The zero-order valence-corrected chi connectivity index (χ0v) is 12.4. The standard InChI is InChI=1S/C14H15BrN2O2/c1-9-3-5-12(11(15)7-9)17-14(18)13-6-4-10(19-13)8-16-2/h3-7,16H,8H2,1-2H3,(H,17,18). The maximum absolute atomic E-state index is 12.0. The summed E-state index contributed by atoms with van der Waals surface area (Å²) >= 11 is 3.42. The second kappa shape index (κ2) is 6.04. The van der Waals surface area contributed by atoms with E-state index in [1.165, 1.54) is 0 Å². The van der Waals surface area contributed by atoms with Crippen molar-refractivity contribution in [3.05, 3.63) is 51.9 Å². The molecule has 0 spiro atoms. The van der Waals surface area contributed by atoms with Gasteiger partial charge < -0.3 is 15.1 Å². The summed E-state index contributed by atoms with van der Waals surface area (Å²) in [6.45, 7) is 2.59. The molecule has 0 fully saturated rings. The van der Waals surface area contributed by atoms with E-state index in [0.717, 1.165) is 21.5 Å². The zero-order valence-electron chi connectivity index (χ0n) is 10.8. The Morgan fingerprint density at radius 3 is 2.79 bits per heavy atom. The third-order valence-corrected chi connectivity index (χ3v) is 3.27. The number of rotatable bonds is 4. The lowest BCUT2D eigenvalue weighted by Crippen LogP contribution is -2.11. The molecule has 1 aromatic heterocycles. The van der Waals surface area contributed by atoms with Gasteiger partial charge in [-0.3, -0.25) is 4.79 Å². The highest BCUT2D eigenvalue weighted by molar-refractivity contribution is 9.10. The summed E-state index contributed by atoms with van der Waals surface area (Å²) in [6.07, 6.45) is 0. The number of hydrogen-bond donors (Lipinski definition) is 2. The average molecular weight is 323 g/mol. The maximum atomic E-state index is 12.0. The summed E-state index contributed by atoms with van der Waals surface area (Å²) in [4.78, 5) is 12.0. The zero-order chi connectivity index (χ0) is 13.8. The number of aryl methyl sites for hydroxylation is 1. The molecule has 0 radical (unpaired) electrons. The van der Waals surface area contributed by atoms with Gasteiger partial charge in [0.05, 0.1) is 12.2 Å². The van der Waals surface area contributed by atoms with E-state index in [9.17, 15) is 4.79 Å². The summed E-state index contributed by atoms with van der Waals surface area (Å²) in [7, 11) is 1.83. The molecule has 1 aromatic carbocycles. The smallest absolute Gasteiger partial charge is 0.291 e. The van der Waals surface area contributed by atoms with E-state index in [4.69, 9.17) is 4.42 Å². The minimum atomic E-state index is -0.257. The van der Waals surface area contributed by atoms with Crippen LogP contribution in [0.5, 0.6) is 0 Å². The summed E-state index contributed by atoms with van der Waals surface area (Å²) in [6, 6.07) is 9.20. The van der Waals surface area contributed by atoms with Gasteiger partial charge in [0.2, 0.25) is 0 Å². The largest absolute Gasteiger partial charge is 0.455 e. The van der Waals surface area contributed by atoms with Crippen molar-refractivity contribution in [2.45, 2.75) is 13.5 Å². The Hall–Kier alpha value is -1.59. The number of amides is 1. The number of hydrogen-bond acceptors (Lipinski definition) is 3. The van der Waals surface area contributed by atoms with Gasteiger partial charge in [-0.15, -0.1) is 0 Å². The van der Waals surface area contributed by atoms with Crippen LogP contribution >= 0.6 is 15.9 Å². The van der Waals surface area contributed by atoms with E-state index < -0.39 is 0 Å². The van der Waals surface area contributed by atoms with E-state index in [0.29, 0.717) is 12.3 Å². The SMILES string of the molecule is CNCc1ccc(C(=O)Nc2ccc(C)cc2Br)o1. The number of carbonyl (C=O) groups is 1. The van der Waals surface area contributed by atoms with Gasteiger partial charge in [0.1, 0.15) is 5.76 Å². The fourth-order valence-corrected chi connectivity index (χ4v) is 2.27. The molecule has 0 atom stereocenters. The Morgan fingerprint density at radius 1 is 1.32 bits per heavy atom. The first-order chi connectivity index (χ1) is 9.10. The van der Waals surface area contributed by atoms with Gasteiger partial charge in [-0.2, -0.15) is 0 Å². The Kier molecular flexibility index (Phi) is 4.39. The highest BCUT2D eigenvalue weighted by Crippen LogP contribution is 2.24. The molecule has 5 heteroatoms. The molecule has 0 unspecified atom stereocenters. The molecule has 100 valence electrons. The molecule has 1 amide bonds. The Morgan fingerprint density at radius 2 is 2.11 bits per heavy atom. The number of anilines is 1. The predicted molar refractivity (Wildman–Crippen MR) is 78.3 cm³/mol. The normalized spacial score (nSPS) is 10.5. The topological polar surface area (TPSA) is 54.3 Å². The molecule has 0 aliphatic rings. The van der Waals surface area contributed by atoms with Gasteiger partial charge in [0.15, 0.2) is 5.76 Å². The molecule has 4 nitrogen and oxygen atoms in total. The number of carbonyl (C=O) groups excluding carboxylic acids is 1. The molecule has 1 heterocycles. The van der Waals surface area contributed by atoms with Crippen molar-refractivity contribution < 1.29 is 9.21 Å². The van der Waals surface area contributed by atoms with Crippen LogP contribution in [0.15, 0.2) is 39.2 Å². The highest BCUT2D eigenvalue weighted by Gasteiger charge is 2.12. The van der Waals surface area contributed by atoms with Gasteiger partial charge in [-0.25, -0.2) is 0 Å². The fourth-order valence-electron chi connectivity index (χ4n) is 1.67. The van der Waals surface area contributed by atoms with Crippen LogP contribution in [0.1, 0.15) is 21.9 Å². The van der Waals surface area contributed by atoms with Crippen molar-refractivity contribution in [3.63, 3.8) is 0 Å². The van der Waals surface area contributed by atoms with Crippen molar-refractivity contribution in [2.24, 2.45) is 0 Å². The third kappa shape index (κ3) is 3.45. The van der Waals surface area contributed by atoms with Crippen molar-refractivity contribution >= 4 is 27.5 Å². The van der Waals surface area contributed by atoms with Crippen LogP contribution in [0.25, 0.3) is 0 Å². The molecule has 0 saturated carbocycles. The van der Waals surface area contributed by atoms with Crippen LogP contribution in [0.2, 0.25) is 0 Å². The summed E-state index contributed by atoms with van der Waals surface area (Å²) in [5.41, 5.74) is 1.85. The van der Waals surface area contributed by atoms with E-state index in [1.807, 2.05) is 32.2 Å². The lowest BCUT2D eigenvalue weighted by Gasteiger charge is -2.06. The lowest BCUT2D eigenvalue weighted by atomic mass is 10.2. The van der Waals surface area contributed by atoms with E-state index in [-0.39, 0.29) is 5.91 Å². The van der Waals surface area contributed by atoms with E-state index in [1.54, 1.807) is 12.1 Å². The maximum Gasteiger partial charge on any atom is 0.291 e. The predicted octanol–water partition coefficient (Wildman–Crippen LogP) is 3.32. The average Bonchev–Trinajstić information content (AvgIpc) is 2.82. The number of halogens is 1. The van der Waals surface area contributed by atoms with E-state index in [2.05, 4.69) is 26.6 Å². The lowest BCUT2D eigenvalue weighted by molar-refractivity contribution is 0.0994. The van der Waals surface area contributed by atoms with Gasteiger partial charge in [0.25, 0.3) is 5.91 Å². The van der Waals surface area contributed by atoms with Crippen LogP contribution < -0.4 is 10.6 Å². The number of nitrogens with one attached hydrogen (secondary N) is 2. The second-order valence-electron chi connectivity index (χ2n) is 4.23. The first-order valence-corrected chi connectivity index (χ1v) is 6.70. The van der Waals surface area contributed by atoms with Crippen molar-refractivity contribution in [2.75, 3.05) is 12.4 Å². The van der Waals surface area contributed by atoms with Gasteiger partial charge in [-0.05, 0) is 59.7 Å². The van der Waals surface area contributed by atoms with Crippen molar-refractivity contribution in [1.82, 2.24) is 5.32 Å². The van der Waals surface area contributed by atoms with Crippen LogP contribution in [-0.4, -0.2) is 13.0 Å². The Bertz CT molecular complexity index is 593. The van der Waals surface area contributed by atoms with Crippen LogP contribution in [0, 0.1) is 6.92 Å². The molecule has 0 saturated heterocycles. The van der Waals surface area contributed by atoms with Gasteiger partial charge >= 0.3 is 0 Å². The minimum absolute atomic E-state index is 0.257. The summed E-state index contributed by atoms with van der Waals surface area (Å²) in [5, 5.41) is 5.78. The quantitative estimate of drug-likeness (QED) is 0.907.